The van der Waals surface area contributed by atoms with E-state index in [0.717, 1.165) is 0 Å². The number of rotatable bonds is 2. The van der Waals surface area contributed by atoms with Crippen molar-refractivity contribution in [3.63, 3.8) is 0 Å². The molecule has 0 aliphatic heterocycles. The third-order valence-corrected chi connectivity index (χ3v) is 0.805. The van der Waals surface area contributed by atoms with E-state index in [4.69, 9.17) is 15.9 Å². The molecule has 0 fully saturated rings. The average molecular weight is 174 g/mol. The van der Waals surface area contributed by atoms with Gasteiger partial charge in [-0.1, -0.05) is 0 Å². The molecule has 4 nitrogen and oxygen atoms in total. The summed E-state index contributed by atoms with van der Waals surface area (Å²) in [6.45, 7) is 1.33. The molecular weight excluding hydrogens is 165 g/mol. The Morgan fingerprint density at radius 1 is 1.67 bits per heavy atom. The van der Waals surface area contributed by atoms with Crippen molar-refractivity contribution in [2.45, 2.75) is 19.1 Å². The quantitative estimate of drug-likeness (QED) is 0.458. The molecule has 0 heterocycles. The molecule has 1 radical (unpaired) electrons. The summed E-state index contributed by atoms with van der Waals surface area (Å²) >= 11 is 0. The normalized spacial score (nSPS) is 15.4. The third kappa shape index (κ3) is 4.42. The van der Waals surface area contributed by atoms with Crippen LogP contribution in [0, 0.1) is 0 Å². The van der Waals surface area contributed by atoms with Gasteiger partial charge >= 0.3 is 5.97 Å². The Balaban J connectivity index is 0. The maximum Gasteiger partial charge on any atom is 0.323 e. The number of aliphatic hydroxyl groups excluding tert-OH is 1. The van der Waals surface area contributed by atoms with Crippen LogP contribution in [-0.4, -0.2) is 28.3 Å². The SMILES string of the molecule is C[C@@H](O)[C@H](N)C(=O)O.[Mn]. The molecule has 0 aliphatic carbocycles. The molecule has 2 atom stereocenters. The molecule has 0 aliphatic rings. The average Bonchev–Trinajstić information content (AvgIpc) is 1.64. The van der Waals surface area contributed by atoms with Gasteiger partial charge < -0.3 is 15.9 Å². The van der Waals surface area contributed by atoms with Gasteiger partial charge in [-0.05, 0) is 6.92 Å². The van der Waals surface area contributed by atoms with E-state index < -0.39 is 18.1 Å². The number of carboxylic acid groups (broad SMARTS) is 1. The smallest absolute Gasteiger partial charge is 0.323 e. The van der Waals surface area contributed by atoms with Gasteiger partial charge in [0.25, 0.3) is 0 Å². The van der Waals surface area contributed by atoms with Crippen LogP contribution in [0.4, 0.5) is 0 Å². The molecule has 0 rings (SSSR count). The second-order valence-electron chi connectivity index (χ2n) is 1.60. The fourth-order valence-electron chi connectivity index (χ4n) is 0.206. The molecule has 9 heavy (non-hydrogen) atoms. The van der Waals surface area contributed by atoms with Crippen molar-refractivity contribution in [2.75, 3.05) is 0 Å². The second-order valence-corrected chi connectivity index (χ2v) is 1.60. The predicted molar refractivity (Wildman–Crippen MR) is 27.3 cm³/mol. The minimum absolute atomic E-state index is 0. The van der Waals surface area contributed by atoms with Crippen LogP contribution in [0.15, 0.2) is 0 Å². The number of hydrogen-bond donors (Lipinski definition) is 3. The summed E-state index contributed by atoms with van der Waals surface area (Å²) in [6, 6.07) is -1.16. The van der Waals surface area contributed by atoms with Crippen LogP contribution in [-0.2, 0) is 21.9 Å². The minimum atomic E-state index is -1.18. The van der Waals surface area contributed by atoms with Gasteiger partial charge in [-0.25, -0.2) is 0 Å². The van der Waals surface area contributed by atoms with E-state index in [1.54, 1.807) is 0 Å². The van der Waals surface area contributed by atoms with Crippen LogP contribution in [0.25, 0.3) is 0 Å². The van der Waals surface area contributed by atoms with Crippen molar-refractivity contribution in [3.8, 4) is 0 Å². The maximum absolute atomic E-state index is 9.86. The molecule has 5 heteroatoms. The summed E-state index contributed by atoms with van der Waals surface area (Å²) in [5.41, 5.74) is 4.91. The molecule has 0 unspecified atom stereocenters. The number of aliphatic carboxylic acids is 1. The van der Waals surface area contributed by atoms with E-state index in [1.165, 1.54) is 6.92 Å². The summed E-state index contributed by atoms with van der Waals surface area (Å²) in [5, 5.41) is 16.6. The molecule has 0 saturated heterocycles. The maximum atomic E-state index is 9.86. The minimum Gasteiger partial charge on any atom is -0.480 e. The van der Waals surface area contributed by atoms with Gasteiger partial charge in [-0.15, -0.1) is 0 Å². The van der Waals surface area contributed by atoms with E-state index in [2.05, 4.69) is 0 Å². The van der Waals surface area contributed by atoms with Gasteiger partial charge in [0, 0.05) is 17.1 Å². The summed E-state index contributed by atoms with van der Waals surface area (Å²) in [5.74, 6) is -1.18. The molecule has 4 N–H and O–H groups in total. The third-order valence-electron chi connectivity index (χ3n) is 0.805. The second kappa shape index (κ2) is 4.76. The van der Waals surface area contributed by atoms with Crippen molar-refractivity contribution in [2.24, 2.45) is 5.73 Å². The van der Waals surface area contributed by atoms with Gasteiger partial charge in [-0.3, -0.25) is 4.79 Å². The molecule has 0 saturated carbocycles. The van der Waals surface area contributed by atoms with E-state index in [0.29, 0.717) is 0 Å². The van der Waals surface area contributed by atoms with Crippen molar-refractivity contribution in [1.29, 1.82) is 0 Å². The van der Waals surface area contributed by atoms with Gasteiger partial charge in [0.1, 0.15) is 6.04 Å². The molecule has 55 valence electrons. The fourth-order valence-corrected chi connectivity index (χ4v) is 0.206. The van der Waals surface area contributed by atoms with Crippen LogP contribution in [0.3, 0.4) is 0 Å². The van der Waals surface area contributed by atoms with Crippen LogP contribution in [0.1, 0.15) is 6.92 Å². The Morgan fingerprint density at radius 3 is 2.00 bits per heavy atom. The summed E-state index contributed by atoms with van der Waals surface area (Å²) < 4.78 is 0. The van der Waals surface area contributed by atoms with Gasteiger partial charge in [0.15, 0.2) is 0 Å². The van der Waals surface area contributed by atoms with E-state index in [-0.39, 0.29) is 17.1 Å². The van der Waals surface area contributed by atoms with Crippen molar-refractivity contribution in [1.82, 2.24) is 0 Å². The molecular formula is C4H9MnNO3. The first-order valence-corrected chi connectivity index (χ1v) is 2.22. The topological polar surface area (TPSA) is 83.5 Å². The number of hydrogen-bond acceptors (Lipinski definition) is 3. The molecule has 0 bridgehead atoms. The fraction of sp³-hybridized carbons (Fsp3) is 0.750. The number of aliphatic hydroxyl groups is 1. The first kappa shape index (κ1) is 11.7. The van der Waals surface area contributed by atoms with Crippen molar-refractivity contribution >= 4 is 5.97 Å². The monoisotopic (exact) mass is 174 g/mol. The molecule has 0 aromatic rings. The predicted octanol–water partition coefficient (Wildman–Crippen LogP) is -1.22. The first-order valence-electron chi connectivity index (χ1n) is 2.22. The molecule has 0 amide bonds. The number of carboxylic acids is 1. The Bertz CT molecular complexity index is 95.8. The summed E-state index contributed by atoms with van der Waals surface area (Å²) in [4.78, 5) is 9.86. The van der Waals surface area contributed by atoms with Crippen LogP contribution < -0.4 is 5.73 Å². The van der Waals surface area contributed by atoms with E-state index >= 15 is 0 Å². The van der Waals surface area contributed by atoms with Crippen molar-refractivity contribution < 1.29 is 32.1 Å². The zero-order chi connectivity index (χ0) is 6.73. The number of carbonyl (C=O) groups is 1. The zero-order valence-corrected chi connectivity index (χ0v) is 6.09. The standard InChI is InChI=1S/C4H9NO3.Mn/c1-2(6)3(5)4(7)8;/h2-3,6H,5H2,1H3,(H,7,8);/t2-,3+;/m1./s1. The van der Waals surface area contributed by atoms with E-state index in [9.17, 15) is 4.79 Å². The van der Waals surface area contributed by atoms with E-state index in [1.807, 2.05) is 0 Å². The zero-order valence-electron chi connectivity index (χ0n) is 4.91. The first-order chi connectivity index (χ1) is 3.55. The largest absolute Gasteiger partial charge is 0.480 e. The summed E-state index contributed by atoms with van der Waals surface area (Å²) in [6.07, 6.45) is -0.979. The molecule has 0 spiro atoms. The molecule has 0 aromatic carbocycles. The Morgan fingerprint density at radius 2 is 2.00 bits per heavy atom. The molecule has 0 aromatic heterocycles. The number of nitrogens with two attached hydrogens (primary N) is 1. The van der Waals surface area contributed by atoms with Gasteiger partial charge in [0.05, 0.1) is 6.10 Å². The Hall–Kier alpha value is -0.0905. The Labute approximate surface area is 63.5 Å². The van der Waals surface area contributed by atoms with Gasteiger partial charge in [0.2, 0.25) is 0 Å². The Kier molecular flexibility index (Phi) is 6.17. The van der Waals surface area contributed by atoms with Crippen LogP contribution in [0.2, 0.25) is 0 Å². The van der Waals surface area contributed by atoms with Crippen LogP contribution in [0.5, 0.6) is 0 Å². The van der Waals surface area contributed by atoms with Crippen LogP contribution >= 0.6 is 0 Å². The summed E-state index contributed by atoms with van der Waals surface area (Å²) in [7, 11) is 0. The van der Waals surface area contributed by atoms with Crippen molar-refractivity contribution in [3.05, 3.63) is 0 Å². The van der Waals surface area contributed by atoms with Gasteiger partial charge in [-0.2, -0.15) is 0 Å².